The molecule has 2 aromatic rings. The molecule has 88 valence electrons. The van der Waals surface area contributed by atoms with Crippen molar-refractivity contribution in [2.45, 2.75) is 0 Å². The lowest BCUT2D eigenvalue weighted by Gasteiger charge is -2.09. The topological polar surface area (TPSA) is 37.8 Å². The van der Waals surface area contributed by atoms with Gasteiger partial charge in [0.15, 0.2) is 11.6 Å². The minimum Gasteiger partial charge on any atom is -0.334 e. The lowest BCUT2D eigenvalue weighted by atomic mass is 10.3. The van der Waals surface area contributed by atoms with Gasteiger partial charge in [0.1, 0.15) is 17.8 Å². The van der Waals surface area contributed by atoms with Crippen molar-refractivity contribution in [2.24, 2.45) is 0 Å². The van der Waals surface area contributed by atoms with Crippen LogP contribution in [0.3, 0.4) is 0 Å². The molecular weight excluding hydrogens is 407 g/mol. The summed E-state index contributed by atoms with van der Waals surface area (Å²) in [5.41, 5.74) is -0.232. The van der Waals surface area contributed by atoms with Crippen molar-refractivity contribution in [1.29, 1.82) is 0 Å². The Balaban J connectivity index is 2.40. The van der Waals surface area contributed by atoms with E-state index in [1.54, 1.807) is 6.20 Å². The summed E-state index contributed by atoms with van der Waals surface area (Å²) >= 11 is 4.99. The number of aromatic nitrogens is 2. The summed E-state index contributed by atoms with van der Waals surface area (Å²) in [6.07, 6.45) is 2.85. The zero-order chi connectivity index (χ0) is 12.4. The van der Waals surface area contributed by atoms with Crippen LogP contribution in [0.5, 0.6) is 0 Å². The number of rotatable bonds is 2. The van der Waals surface area contributed by atoms with E-state index in [0.717, 1.165) is 0 Å². The number of benzene rings is 1. The monoisotopic (exact) mass is 411 g/mol. The summed E-state index contributed by atoms with van der Waals surface area (Å²) in [5, 5.41) is 2.61. The Morgan fingerprint density at radius 2 is 1.88 bits per heavy atom. The third kappa shape index (κ3) is 2.89. The molecule has 1 aromatic carbocycles. The highest BCUT2D eigenvalue weighted by molar-refractivity contribution is 14.1. The molecule has 0 saturated heterocycles. The van der Waals surface area contributed by atoms with Gasteiger partial charge < -0.3 is 5.32 Å². The minimum atomic E-state index is -0.689. The average molecular weight is 412 g/mol. The molecule has 0 aliphatic carbocycles. The molecule has 0 spiro atoms. The molecule has 0 saturated carbocycles. The molecule has 0 fully saturated rings. The predicted octanol–water partition coefficient (Wildman–Crippen LogP) is 3.87. The predicted molar refractivity (Wildman–Crippen MR) is 72.1 cm³/mol. The molecule has 2 rings (SSSR count). The molecule has 0 aliphatic heterocycles. The molecule has 0 amide bonds. The van der Waals surface area contributed by atoms with Crippen molar-refractivity contribution < 1.29 is 8.78 Å². The molecule has 1 heterocycles. The molecular formula is C10H5BrF2IN3. The Kier molecular flexibility index (Phi) is 3.87. The molecule has 17 heavy (non-hydrogen) atoms. The van der Waals surface area contributed by atoms with Crippen LogP contribution in [-0.4, -0.2) is 9.97 Å². The number of hydrogen-bond acceptors (Lipinski definition) is 3. The van der Waals surface area contributed by atoms with E-state index in [9.17, 15) is 8.78 Å². The van der Waals surface area contributed by atoms with Gasteiger partial charge in [0.05, 0.1) is 3.57 Å². The number of hydrogen-bond donors (Lipinski definition) is 1. The van der Waals surface area contributed by atoms with Gasteiger partial charge in [0.2, 0.25) is 0 Å². The lowest BCUT2D eigenvalue weighted by Crippen LogP contribution is -2.01. The maximum atomic E-state index is 13.6. The highest BCUT2D eigenvalue weighted by Crippen LogP contribution is 2.27. The van der Waals surface area contributed by atoms with Gasteiger partial charge >= 0.3 is 0 Å². The molecule has 3 nitrogen and oxygen atoms in total. The van der Waals surface area contributed by atoms with Crippen LogP contribution in [0.15, 0.2) is 29.1 Å². The number of anilines is 2. The average Bonchev–Trinajstić information content (AvgIpc) is 2.25. The molecule has 0 atom stereocenters. The highest BCUT2D eigenvalue weighted by atomic mass is 127. The van der Waals surface area contributed by atoms with Gasteiger partial charge in [-0.2, -0.15) is 0 Å². The van der Waals surface area contributed by atoms with Crippen molar-refractivity contribution in [2.75, 3.05) is 5.32 Å². The zero-order valence-corrected chi connectivity index (χ0v) is 12.0. The fraction of sp³-hybridized carbons (Fsp3) is 0. The molecule has 0 bridgehead atoms. The molecule has 0 radical (unpaired) electrons. The van der Waals surface area contributed by atoms with Crippen LogP contribution in [0.2, 0.25) is 0 Å². The van der Waals surface area contributed by atoms with E-state index in [-0.39, 0.29) is 5.69 Å². The maximum absolute atomic E-state index is 13.6. The Morgan fingerprint density at radius 3 is 2.47 bits per heavy atom. The van der Waals surface area contributed by atoms with Crippen LogP contribution in [0, 0.1) is 15.2 Å². The van der Waals surface area contributed by atoms with E-state index in [1.807, 2.05) is 22.6 Å². The molecule has 0 aliphatic rings. The van der Waals surface area contributed by atoms with E-state index in [1.165, 1.54) is 18.5 Å². The number of halogens is 4. The van der Waals surface area contributed by atoms with Gasteiger partial charge in [0, 0.05) is 10.7 Å². The molecule has 1 N–H and O–H groups in total. The third-order valence-electron chi connectivity index (χ3n) is 1.92. The van der Waals surface area contributed by atoms with Gasteiger partial charge in [-0.25, -0.2) is 18.7 Å². The Morgan fingerprint density at radius 1 is 1.24 bits per heavy atom. The summed E-state index contributed by atoms with van der Waals surface area (Å²) in [4.78, 5) is 7.70. The summed E-state index contributed by atoms with van der Waals surface area (Å²) < 4.78 is 28.1. The Bertz CT molecular complexity index is 542. The quantitative estimate of drug-likeness (QED) is 0.762. The summed E-state index contributed by atoms with van der Waals surface area (Å²) in [7, 11) is 0. The Labute approximate surface area is 118 Å². The second kappa shape index (κ2) is 5.21. The van der Waals surface area contributed by atoms with Crippen molar-refractivity contribution >= 4 is 50.0 Å². The molecule has 0 unspecified atom stereocenters. The normalized spacial score (nSPS) is 10.4. The number of nitrogens with one attached hydrogen (secondary N) is 1. The molecule has 1 aromatic heterocycles. The van der Waals surface area contributed by atoms with Crippen molar-refractivity contribution in [1.82, 2.24) is 9.97 Å². The largest absolute Gasteiger partial charge is 0.334 e. The van der Waals surface area contributed by atoms with Gasteiger partial charge in [-0.15, -0.1) is 0 Å². The van der Waals surface area contributed by atoms with Crippen LogP contribution >= 0.6 is 38.5 Å². The Hall–Kier alpha value is -0.830. The summed E-state index contributed by atoms with van der Waals surface area (Å²) in [6.45, 7) is 0. The van der Waals surface area contributed by atoms with E-state index in [4.69, 9.17) is 0 Å². The first-order valence-electron chi connectivity index (χ1n) is 4.45. The van der Waals surface area contributed by atoms with E-state index in [0.29, 0.717) is 13.9 Å². The summed E-state index contributed by atoms with van der Waals surface area (Å²) in [6, 6.07) is 2.36. The third-order valence-corrected chi connectivity index (χ3v) is 3.17. The van der Waals surface area contributed by atoms with Gasteiger partial charge in [-0.05, 0) is 34.7 Å². The number of nitrogens with zero attached hydrogens (tertiary/aromatic N) is 2. The van der Waals surface area contributed by atoms with Crippen molar-refractivity contribution in [3.05, 3.63) is 44.3 Å². The molecule has 7 heteroatoms. The van der Waals surface area contributed by atoms with Crippen LogP contribution in [-0.2, 0) is 0 Å². The van der Waals surface area contributed by atoms with Gasteiger partial charge in [0.25, 0.3) is 0 Å². The standard InChI is InChI=1S/C10H5BrF2IN3/c11-5-1-6(12)9(7(13)2-5)17-10-8(14)3-15-4-16-10/h1-4H,(H,15,16,17). The maximum Gasteiger partial charge on any atom is 0.150 e. The fourth-order valence-corrected chi connectivity index (χ4v) is 2.02. The first-order chi connectivity index (χ1) is 8.08. The SMILES string of the molecule is Fc1cc(Br)cc(F)c1Nc1ncncc1I. The van der Waals surface area contributed by atoms with Gasteiger partial charge in [-0.1, -0.05) is 15.9 Å². The fourth-order valence-electron chi connectivity index (χ4n) is 1.18. The second-order valence-corrected chi connectivity index (χ2v) is 5.17. The van der Waals surface area contributed by atoms with E-state index < -0.39 is 11.6 Å². The smallest absolute Gasteiger partial charge is 0.150 e. The van der Waals surface area contributed by atoms with Crippen LogP contribution in [0.1, 0.15) is 0 Å². The van der Waals surface area contributed by atoms with Crippen molar-refractivity contribution in [3.8, 4) is 0 Å². The van der Waals surface area contributed by atoms with E-state index in [2.05, 4.69) is 31.2 Å². The minimum absolute atomic E-state index is 0.232. The van der Waals surface area contributed by atoms with E-state index >= 15 is 0 Å². The summed E-state index contributed by atoms with van der Waals surface area (Å²) in [5.74, 6) is -1.02. The first kappa shape index (κ1) is 12.6. The van der Waals surface area contributed by atoms with Crippen LogP contribution in [0.25, 0.3) is 0 Å². The second-order valence-electron chi connectivity index (χ2n) is 3.09. The van der Waals surface area contributed by atoms with Gasteiger partial charge in [-0.3, -0.25) is 0 Å². The van der Waals surface area contributed by atoms with Crippen LogP contribution in [0.4, 0.5) is 20.3 Å². The zero-order valence-electron chi connectivity index (χ0n) is 8.22. The van der Waals surface area contributed by atoms with Crippen molar-refractivity contribution in [3.63, 3.8) is 0 Å². The first-order valence-corrected chi connectivity index (χ1v) is 6.32. The highest BCUT2D eigenvalue weighted by Gasteiger charge is 2.12. The lowest BCUT2D eigenvalue weighted by molar-refractivity contribution is 0.589. The van der Waals surface area contributed by atoms with Crippen LogP contribution < -0.4 is 5.32 Å².